The molecule has 1 aliphatic rings. The molecule has 0 radical (unpaired) electrons. The van der Waals surface area contributed by atoms with E-state index < -0.39 is 11.9 Å². The van der Waals surface area contributed by atoms with E-state index in [2.05, 4.69) is 17.1 Å². The van der Waals surface area contributed by atoms with Crippen LogP contribution >= 0.6 is 23.6 Å². The average Bonchev–Trinajstić information content (AvgIpc) is 2.96. The van der Waals surface area contributed by atoms with Crippen LogP contribution in [0.3, 0.4) is 0 Å². The quantitative estimate of drug-likeness (QED) is 0.628. The Balaban J connectivity index is 2.32. The highest BCUT2D eigenvalue weighted by molar-refractivity contribution is 7.80. The number of hydrogen-bond acceptors (Lipinski definition) is 6. The zero-order valence-electron chi connectivity index (χ0n) is 15.0. The molecule has 1 aliphatic heterocycles. The van der Waals surface area contributed by atoms with E-state index in [-0.39, 0.29) is 0 Å². The molecule has 1 unspecified atom stereocenters. The fourth-order valence-corrected chi connectivity index (χ4v) is 4.62. The van der Waals surface area contributed by atoms with Crippen LogP contribution in [0, 0.1) is 6.92 Å². The Kier molecular flexibility index (Phi) is 6.78. The lowest BCUT2D eigenvalue weighted by Crippen LogP contribution is -2.45. The number of piperidine rings is 1. The second-order valence-electron chi connectivity index (χ2n) is 5.92. The van der Waals surface area contributed by atoms with Gasteiger partial charge >= 0.3 is 11.9 Å². The van der Waals surface area contributed by atoms with Crippen molar-refractivity contribution in [3.8, 4) is 0 Å². The van der Waals surface area contributed by atoms with Crippen molar-refractivity contribution in [2.24, 2.45) is 0 Å². The van der Waals surface area contributed by atoms with E-state index in [4.69, 9.17) is 21.7 Å². The predicted molar refractivity (Wildman–Crippen MR) is 103 cm³/mol. The fraction of sp³-hybridized carbons (Fsp3) is 0.588. The van der Waals surface area contributed by atoms with E-state index in [1.54, 1.807) is 6.92 Å². The van der Waals surface area contributed by atoms with Crippen molar-refractivity contribution >= 4 is 45.6 Å². The third-order valence-corrected chi connectivity index (χ3v) is 6.01. The smallest absolute Gasteiger partial charge is 0.348 e. The van der Waals surface area contributed by atoms with Crippen molar-refractivity contribution in [3.63, 3.8) is 0 Å². The van der Waals surface area contributed by atoms with Crippen molar-refractivity contribution < 1.29 is 19.1 Å². The van der Waals surface area contributed by atoms with Crippen LogP contribution in [-0.4, -0.2) is 48.8 Å². The molecule has 1 aromatic rings. The Hall–Kier alpha value is -1.67. The second kappa shape index (κ2) is 8.62. The molecule has 1 atom stereocenters. The lowest BCUT2D eigenvalue weighted by Gasteiger charge is -2.37. The fourth-order valence-electron chi connectivity index (χ4n) is 3.10. The van der Waals surface area contributed by atoms with Gasteiger partial charge in [-0.25, -0.2) is 9.59 Å². The summed E-state index contributed by atoms with van der Waals surface area (Å²) in [6.07, 6.45) is 4.43. The number of methoxy groups -OCH3 is 2. The van der Waals surface area contributed by atoms with Crippen molar-refractivity contribution in [2.75, 3.05) is 26.1 Å². The summed E-state index contributed by atoms with van der Waals surface area (Å²) in [6.45, 7) is 4.75. The van der Waals surface area contributed by atoms with Crippen LogP contribution in [0.5, 0.6) is 0 Å². The Morgan fingerprint density at radius 3 is 2.56 bits per heavy atom. The number of thiocarbonyl (C=S) groups is 1. The lowest BCUT2D eigenvalue weighted by molar-refractivity contribution is 0.0601. The number of ether oxygens (including phenoxy) is 2. The molecule has 1 saturated heterocycles. The number of carbonyl (C=O) groups excluding carboxylic acids is 2. The molecule has 0 aromatic carbocycles. The van der Waals surface area contributed by atoms with Gasteiger partial charge in [0, 0.05) is 12.6 Å². The molecule has 0 bridgehead atoms. The molecule has 1 aromatic heterocycles. The van der Waals surface area contributed by atoms with Crippen LogP contribution < -0.4 is 5.32 Å². The van der Waals surface area contributed by atoms with E-state index in [1.165, 1.54) is 20.6 Å². The molecule has 25 heavy (non-hydrogen) atoms. The van der Waals surface area contributed by atoms with Crippen molar-refractivity contribution in [1.82, 2.24) is 4.90 Å². The van der Waals surface area contributed by atoms with Crippen molar-refractivity contribution in [3.05, 3.63) is 16.0 Å². The Morgan fingerprint density at radius 2 is 1.96 bits per heavy atom. The van der Waals surface area contributed by atoms with Gasteiger partial charge in [-0.05, 0) is 50.4 Å². The number of rotatable bonds is 4. The van der Waals surface area contributed by atoms with Crippen LogP contribution in [0.4, 0.5) is 5.00 Å². The molecule has 138 valence electrons. The zero-order chi connectivity index (χ0) is 18.6. The number of hydrogen-bond donors (Lipinski definition) is 1. The van der Waals surface area contributed by atoms with Gasteiger partial charge in [0.1, 0.15) is 9.88 Å². The number of nitrogens with zero attached hydrogens (tertiary/aromatic N) is 1. The minimum absolute atomic E-state index is 0.334. The maximum atomic E-state index is 12.2. The van der Waals surface area contributed by atoms with Crippen LogP contribution in [0.2, 0.25) is 0 Å². The van der Waals surface area contributed by atoms with E-state index >= 15 is 0 Å². The summed E-state index contributed by atoms with van der Waals surface area (Å²) in [5.74, 6) is -0.976. The first-order valence-electron chi connectivity index (χ1n) is 8.32. The summed E-state index contributed by atoms with van der Waals surface area (Å²) in [6, 6.07) is 0.400. The predicted octanol–water partition coefficient (Wildman–Crippen LogP) is 3.59. The first kappa shape index (κ1) is 19.7. The second-order valence-corrected chi connectivity index (χ2v) is 7.33. The van der Waals surface area contributed by atoms with Gasteiger partial charge in [-0.2, -0.15) is 0 Å². The highest BCUT2D eigenvalue weighted by Gasteiger charge is 2.28. The first-order valence-corrected chi connectivity index (χ1v) is 9.54. The number of thiophene rings is 1. The molecule has 0 aliphatic carbocycles. The molecule has 8 heteroatoms. The Bertz CT molecular complexity index is 672. The van der Waals surface area contributed by atoms with Gasteiger partial charge in [-0.15, -0.1) is 11.3 Å². The molecule has 6 nitrogen and oxygen atoms in total. The normalized spacial score (nSPS) is 17.1. The number of anilines is 1. The summed E-state index contributed by atoms with van der Waals surface area (Å²) in [4.78, 5) is 26.7. The summed E-state index contributed by atoms with van der Waals surface area (Å²) in [7, 11) is 2.63. The monoisotopic (exact) mass is 384 g/mol. The number of carbonyl (C=O) groups is 2. The highest BCUT2D eigenvalue weighted by atomic mass is 32.1. The van der Waals surface area contributed by atoms with Gasteiger partial charge < -0.3 is 19.7 Å². The zero-order valence-corrected chi connectivity index (χ0v) is 16.6. The highest BCUT2D eigenvalue weighted by Crippen LogP contribution is 2.35. The summed E-state index contributed by atoms with van der Waals surface area (Å²) < 4.78 is 9.68. The molecule has 0 spiro atoms. The summed E-state index contributed by atoms with van der Waals surface area (Å²) in [5, 5.41) is 4.27. The van der Waals surface area contributed by atoms with Gasteiger partial charge in [0.05, 0.1) is 19.8 Å². The molecule has 0 amide bonds. The lowest BCUT2D eigenvalue weighted by atomic mass is 10.0. The Morgan fingerprint density at radius 1 is 1.28 bits per heavy atom. The van der Waals surface area contributed by atoms with Gasteiger partial charge in [0.25, 0.3) is 0 Å². The van der Waals surface area contributed by atoms with Crippen LogP contribution in [0.15, 0.2) is 0 Å². The van der Waals surface area contributed by atoms with Crippen LogP contribution in [0.25, 0.3) is 0 Å². The van der Waals surface area contributed by atoms with Crippen molar-refractivity contribution in [1.29, 1.82) is 0 Å². The topological polar surface area (TPSA) is 67.9 Å². The van der Waals surface area contributed by atoms with Crippen molar-refractivity contribution in [2.45, 2.75) is 45.6 Å². The van der Waals surface area contributed by atoms with Crippen LogP contribution in [0.1, 0.15) is 58.2 Å². The molecule has 2 heterocycles. The van der Waals surface area contributed by atoms with Gasteiger partial charge in [-0.1, -0.05) is 6.92 Å². The van der Waals surface area contributed by atoms with Crippen LogP contribution in [-0.2, 0) is 9.47 Å². The summed E-state index contributed by atoms with van der Waals surface area (Å²) >= 11 is 6.74. The SMILES string of the molecule is CCC1CCCCN1C(=S)Nc1sc(C(=O)OC)c(C)c1C(=O)OC. The molecular formula is C17H24N2O4S2. The minimum Gasteiger partial charge on any atom is -0.465 e. The van der Waals surface area contributed by atoms with E-state index in [9.17, 15) is 9.59 Å². The van der Waals surface area contributed by atoms with E-state index in [0.717, 1.165) is 37.1 Å². The standard InChI is InChI=1S/C17H24N2O4S2/c1-5-11-8-6-7-9-19(11)17(24)18-14-12(15(20)22-3)10(2)13(25-14)16(21)23-4/h11H,5-9H2,1-4H3,(H,18,24). The number of esters is 2. The third kappa shape index (κ3) is 4.12. The third-order valence-electron chi connectivity index (χ3n) is 4.49. The molecule has 1 N–H and O–H groups in total. The van der Waals surface area contributed by atoms with Gasteiger partial charge in [0.2, 0.25) is 0 Å². The first-order chi connectivity index (χ1) is 11.9. The number of likely N-dealkylation sites (tertiary alicyclic amines) is 1. The largest absolute Gasteiger partial charge is 0.465 e. The maximum Gasteiger partial charge on any atom is 0.348 e. The molecule has 2 rings (SSSR count). The Labute approximate surface area is 157 Å². The molecule has 1 fully saturated rings. The minimum atomic E-state index is -0.500. The van der Waals surface area contributed by atoms with Gasteiger partial charge in [0.15, 0.2) is 5.11 Å². The molecule has 0 saturated carbocycles. The average molecular weight is 385 g/mol. The summed E-state index contributed by atoms with van der Waals surface area (Å²) in [5.41, 5.74) is 0.875. The maximum absolute atomic E-state index is 12.2. The van der Waals surface area contributed by atoms with E-state index in [1.807, 2.05) is 0 Å². The van der Waals surface area contributed by atoms with Gasteiger partial charge in [-0.3, -0.25) is 0 Å². The van der Waals surface area contributed by atoms with E-state index in [0.29, 0.717) is 32.2 Å². The molecular weight excluding hydrogens is 360 g/mol. The number of nitrogens with one attached hydrogen (secondary N) is 1.